The molecule has 0 aliphatic carbocycles. The van der Waals surface area contributed by atoms with Gasteiger partial charge in [-0.05, 0) is 30.2 Å². The summed E-state index contributed by atoms with van der Waals surface area (Å²) < 4.78 is 26.7. The molecule has 5 nitrogen and oxygen atoms in total. The van der Waals surface area contributed by atoms with Crippen LogP contribution < -0.4 is 10.5 Å². The molecule has 0 heterocycles. The standard InChI is InChI=1S/C16H18N2O3S/c1-12(16(17)19)14-7-9-15(10-8-14)18-22(20,21)11-13-5-3-2-4-6-13/h2-10,12,18H,11H2,1H3,(H2,17,19)/t12-/m0/s1. The van der Waals surface area contributed by atoms with Gasteiger partial charge in [0, 0.05) is 5.69 Å². The lowest BCUT2D eigenvalue weighted by Gasteiger charge is -2.11. The fourth-order valence-corrected chi connectivity index (χ4v) is 3.21. The third kappa shape index (κ3) is 4.33. The average Bonchev–Trinajstić information content (AvgIpc) is 2.47. The number of carbonyl (C=O) groups is 1. The molecular formula is C16H18N2O3S. The Kier molecular flexibility index (Phi) is 4.82. The van der Waals surface area contributed by atoms with Gasteiger partial charge in [-0.2, -0.15) is 0 Å². The highest BCUT2D eigenvalue weighted by Crippen LogP contribution is 2.19. The maximum atomic E-state index is 12.1. The van der Waals surface area contributed by atoms with Gasteiger partial charge in [-0.1, -0.05) is 42.5 Å². The summed E-state index contributed by atoms with van der Waals surface area (Å²) in [6.07, 6.45) is 0. The highest BCUT2D eigenvalue weighted by Gasteiger charge is 2.14. The summed E-state index contributed by atoms with van der Waals surface area (Å²) in [7, 11) is -3.48. The monoisotopic (exact) mass is 318 g/mol. The molecule has 6 heteroatoms. The molecule has 0 unspecified atom stereocenters. The second-order valence-corrected chi connectivity index (χ2v) is 6.82. The molecule has 0 bridgehead atoms. The van der Waals surface area contributed by atoms with Gasteiger partial charge in [0.15, 0.2) is 0 Å². The molecule has 2 aromatic carbocycles. The number of carbonyl (C=O) groups excluding carboxylic acids is 1. The van der Waals surface area contributed by atoms with Crippen LogP contribution in [0.25, 0.3) is 0 Å². The molecule has 1 atom stereocenters. The molecule has 0 spiro atoms. The van der Waals surface area contributed by atoms with Crippen molar-refractivity contribution < 1.29 is 13.2 Å². The minimum atomic E-state index is -3.48. The predicted molar refractivity (Wildman–Crippen MR) is 86.7 cm³/mol. The van der Waals surface area contributed by atoms with E-state index in [0.717, 1.165) is 5.56 Å². The van der Waals surface area contributed by atoms with Gasteiger partial charge in [0.2, 0.25) is 15.9 Å². The molecule has 3 N–H and O–H groups in total. The number of primary amides is 1. The summed E-state index contributed by atoms with van der Waals surface area (Å²) in [6, 6.07) is 15.6. The van der Waals surface area contributed by atoms with Crippen LogP contribution in [0.3, 0.4) is 0 Å². The van der Waals surface area contributed by atoms with Crippen LogP contribution in [0.5, 0.6) is 0 Å². The number of amides is 1. The van der Waals surface area contributed by atoms with Crippen molar-refractivity contribution in [3.63, 3.8) is 0 Å². The second kappa shape index (κ2) is 6.62. The van der Waals surface area contributed by atoms with Gasteiger partial charge >= 0.3 is 0 Å². The predicted octanol–water partition coefficient (Wildman–Crippen LogP) is 2.22. The highest BCUT2D eigenvalue weighted by atomic mass is 32.2. The van der Waals surface area contributed by atoms with Crippen LogP contribution >= 0.6 is 0 Å². The minimum Gasteiger partial charge on any atom is -0.369 e. The average molecular weight is 318 g/mol. The fraction of sp³-hybridized carbons (Fsp3) is 0.188. The van der Waals surface area contributed by atoms with Crippen LogP contribution in [0.2, 0.25) is 0 Å². The summed E-state index contributed by atoms with van der Waals surface area (Å²) in [6.45, 7) is 1.71. The Morgan fingerprint density at radius 2 is 1.68 bits per heavy atom. The molecule has 0 fully saturated rings. The van der Waals surface area contributed by atoms with E-state index in [-0.39, 0.29) is 5.75 Å². The topological polar surface area (TPSA) is 89.3 Å². The number of nitrogens with two attached hydrogens (primary N) is 1. The molecule has 0 radical (unpaired) electrons. The fourth-order valence-electron chi connectivity index (χ4n) is 2.01. The van der Waals surface area contributed by atoms with E-state index in [4.69, 9.17) is 5.73 Å². The van der Waals surface area contributed by atoms with E-state index < -0.39 is 21.8 Å². The van der Waals surface area contributed by atoms with E-state index in [2.05, 4.69) is 4.72 Å². The Labute approximate surface area is 130 Å². The molecule has 2 aromatic rings. The molecule has 2 rings (SSSR count). The van der Waals surface area contributed by atoms with Gasteiger partial charge in [-0.25, -0.2) is 8.42 Å². The Morgan fingerprint density at radius 3 is 2.23 bits per heavy atom. The summed E-state index contributed by atoms with van der Waals surface area (Å²) in [5.74, 6) is -0.916. The molecule has 0 aliphatic rings. The van der Waals surface area contributed by atoms with E-state index in [0.29, 0.717) is 11.3 Å². The van der Waals surface area contributed by atoms with E-state index in [1.165, 1.54) is 0 Å². The van der Waals surface area contributed by atoms with Crippen molar-refractivity contribution in [3.05, 3.63) is 65.7 Å². The molecule has 0 saturated heterocycles. The van der Waals surface area contributed by atoms with Crippen molar-refractivity contribution in [2.45, 2.75) is 18.6 Å². The first-order valence-corrected chi connectivity index (χ1v) is 8.46. The number of hydrogen-bond donors (Lipinski definition) is 2. The number of anilines is 1. The van der Waals surface area contributed by atoms with Crippen LogP contribution in [0, 0.1) is 0 Å². The number of sulfonamides is 1. The first-order valence-electron chi connectivity index (χ1n) is 6.81. The van der Waals surface area contributed by atoms with Gasteiger partial charge in [0.25, 0.3) is 0 Å². The van der Waals surface area contributed by atoms with Crippen LogP contribution in [0.15, 0.2) is 54.6 Å². The molecule has 0 aliphatic heterocycles. The third-order valence-corrected chi connectivity index (χ3v) is 4.57. The van der Waals surface area contributed by atoms with Crippen molar-refractivity contribution in [3.8, 4) is 0 Å². The Bertz CT molecular complexity index is 741. The first kappa shape index (κ1) is 16.0. The number of hydrogen-bond acceptors (Lipinski definition) is 3. The second-order valence-electron chi connectivity index (χ2n) is 5.09. The first-order chi connectivity index (χ1) is 10.4. The third-order valence-electron chi connectivity index (χ3n) is 3.31. The quantitative estimate of drug-likeness (QED) is 0.856. The van der Waals surface area contributed by atoms with Gasteiger partial charge in [0.1, 0.15) is 0 Å². The molecule has 116 valence electrons. The van der Waals surface area contributed by atoms with Gasteiger partial charge in [0.05, 0.1) is 11.7 Å². The molecule has 1 amide bonds. The Hall–Kier alpha value is -2.34. The van der Waals surface area contributed by atoms with Crippen molar-refractivity contribution in [2.24, 2.45) is 5.73 Å². The van der Waals surface area contributed by atoms with Crippen LogP contribution in [0.1, 0.15) is 24.0 Å². The number of rotatable bonds is 6. The largest absolute Gasteiger partial charge is 0.369 e. The Morgan fingerprint density at radius 1 is 1.09 bits per heavy atom. The van der Waals surface area contributed by atoms with E-state index >= 15 is 0 Å². The zero-order valence-corrected chi connectivity index (χ0v) is 13.0. The van der Waals surface area contributed by atoms with E-state index in [9.17, 15) is 13.2 Å². The molecule has 0 aromatic heterocycles. The molecular weight excluding hydrogens is 300 g/mol. The maximum Gasteiger partial charge on any atom is 0.236 e. The van der Waals surface area contributed by atoms with Crippen LogP contribution in [-0.4, -0.2) is 14.3 Å². The number of benzene rings is 2. The summed E-state index contributed by atoms with van der Waals surface area (Å²) in [5.41, 5.74) is 7.16. The molecule has 22 heavy (non-hydrogen) atoms. The van der Waals surface area contributed by atoms with Crippen LogP contribution in [-0.2, 0) is 20.6 Å². The van der Waals surface area contributed by atoms with Gasteiger partial charge in [-0.15, -0.1) is 0 Å². The summed E-state index contributed by atoms with van der Waals surface area (Å²) >= 11 is 0. The zero-order valence-electron chi connectivity index (χ0n) is 12.2. The SMILES string of the molecule is C[C@H](C(N)=O)c1ccc(NS(=O)(=O)Cc2ccccc2)cc1. The van der Waals surface area contributed by atoms with Gasteiger partial charge in [-0.3, -0.25) is 9.52 Å². The summed E-state index contributed by atoms with van der Waals surface area (Å²) in [5, 5.41) is 0. The highest BCUT2D eigenvalue weighted by molar-refractivity contribution is 7.91. The summed E-state index contributed by atoms with van der Waals surface area (Å²) in [4.78, 5) is 11.1. The normalized spacial score (nSPS) is 12.6. The van der Waals surface area contributed by atoms with E-state index in [1.807, 2.05) is 6.07 Å². The van der Waals surface area contributed by atoms with Crippen molar-refractivity contribution in [1.82, 2.24) is 0 Å². The van der Waals surface area contributed by atoms with Crippen molar-refractivity contribution >= 4 is 21.6 Å². The lowest BCUT2D eigenvalue weighted by molar-refractivity contribution is -0.119. The maximum absolute atomic E-state index is 12.1. The smallest absolute Gasteiger partial charge is 0.236 e. The lowest BCUT2D eigenvalue weighted by Crippen LogP contribution is -2.19. The van der Waals surface area contributed by atoms with Crippen LogP contribution in [0.4, 0.5) is 5.69 Å². The number of nitrogens with one attached hydrogen (secondary N) is 1. The zero-order chi connectivity index (χ0) is 16.2. The van der Waals surface area contributed by atoms with Gasteiger partial charge < -0.3 is 5.73 Å². The molecule has 0 saturated carbocycles. The minimum absolute atomic E-state index is 0.0900. The van der Waals surface area contributed by atoms with E-state index in [1.54, 1.807) is 55.5 Å². The lowest BCUT2D eigenvalue weighted by atomic mass is 10.0. The van der Waals surface area contributed by atoms with Crippen molar-refractivity contribution in [2.75, 3.05) is 4.72 Å². The van der Waals surface area contributed by atoms with Crippen molar-refractivity contribution in [1.29, 1.82) is 0 Å². The Balaban J connectivity index is 2.08.